The molecule has 0 spiro atoms. The van der Waals surface area contributed by atoms with Crippen molar-refractivity contribution in [1.29, 1.82) is 0 Å². The summed E-state index contributed by atoms with van der Waals surface area (Å²) in [6.45, 7) is 12.3. The average molecular weight is 521 g/mol. The van der Waals surface area contributed by atoms with Crippen molar-refractivity contribution >= 4 is 35.8 Å². The number of piperazine rings is 1. The summed E-state index contributed by atoms with van der Waals surface area (Å²) in [4.78, 5) is 23.5. The second-order valence-electron chi connectivity index (χ2n) is 8.99. The van der Waals surface area contributed by atoms with Crippen molar-refractivity contribution in [2.45, 2.75) is 32.4 Å². The predicted molar refractivity (Wildman–Crippen MR) is 123 cm³/mol. The normalized spacial score (nSPS) is 32.2. The Bertz CT molecular complexity index is 603. The Balaban J connectivity index is 0.00000240. The molecule has 4 aliphatic rings. The second-order valence-corrected chi connectivity index (χ2v) is 8.99. The second kappa shape index (κ2) is 9.65. The van der Waals surface area contributed by atoms with E-state index in [1.54, 1.807) is 0 Å². The summed E-state index contributed by atoms with van der Waals surface area (Å²) in [7, 11) is 1.87. The minimum absolute atomic E-state index is 0. The summed E-state index contributed by atoms with van der Waals surface area (Å²) in [5.41, 5.74) is 0.142. The van der Waals surface area contributed by atoms with Crippen LogP contribution in [-0.4, -0.2) is 111 Å². The molecule has 9 heteroatoms. The number of rotatable bonds is 3. The number of hydrogen-bond donors (Lipinski definition) is 1. The van der Waals surface area contributed by atoms with Crippen molar-refractivity contribution in [2.75, 3.05) is 72.7 Å². The first-order chi connectivity index (χ1) is 13.5. The zero-order valence-corrected chi connectivity index (χ0v) is 20.3. The largest absolute Gasteiger partial charge is 0.378 e. The molecule has 3 atom stereocenters. The van der Waals surface area contributed by atoms with Crippen LogP contribution in [0.5, 0.6) is 0 Å². The van der Waals surface area contributed by atoms with Crippen LogP contribution in [0.25, 0.3) is 0 Å². The van der Waals surface area contributed by atoms with Crippen molar-refractivity contribution in [1.82, 2.24) is 20.0 Å². The number of nitrogens with one attached hydrogen (secondary N) is 1. The fourth-order valence-corrected chi connectivity index (χ4v) is 5.28. The van der Waals surface area contributed by atoms with Crippen LogP contribution in [0.3, 0.4) is 0 Å². The molecule has 166 valence electrons. The minimum atomic E-state index is 0. The SMILES string of the molecule is CN=C(NC1C2CCOC2C1(C)C)N1CCN(CC(=O)N2CCOCC2)CC1.I. The van der Waals surface area contributed by atoms with Crippen LogP contribution in [0, 0.1) is 11.3 Å². The van der Waals surface area contributed by atoms with Gasteiger partial charge >= 0.3 is 0 Å². The van der Waals surface area contributed by atoms with Gasteiger partial charge in [0.15, 0.2) is 5.96 Å². The minimum Gasteiger partial charge on any atom is -0.378 e. The molecule has 29 heavy (non-hydrogen) atoms. The molecule has 0 aromatic rings. The van der Waals surface area contributed by atoms with Gasteiger partial charge in [-0.1, -0.05) is 13.8 Å². The molecular weight excluding hydrogens is 485 g/mol. The van der Waals surface area contributed by atoms with Crippen LogP contribution in [0.2, 0.25) is 0 Å². The summed E-state index contributed by atoms with van der Waals surface area (Å²) < 4.78 is 11.3. The molecule has 1 saturated carbocycles. The standard InChI is InChI=1S/C20H35N5O3.HI/c1-20(2)17(15-4-11-28-18(15)20)22-19(21-3)25-7-5-23(6-8-25)14-16(26)24-9-12-27-13-10-24;/h15,17-18H,4-14H2,1-3H3,(H,21,22);1H. The van der Waals surface area contributed by atoms with E-state index in [0.29, 0.717) is 37.8 Å². The molecule has 1 aliphatic carbocycles. The van der Waals surface area contributed by atoms with Crippen LogP contribution in [0.4, 0.5) is 0 Å². The Morgan fingerprint density at radius 1 is 1.07 bits per heavy atom. The van der Waals surface area contributed by atoms with Gasteiger partial charge in [-0.3, -0.25) is 14.7 Å². The maximum atomic E-state index is 12.5. The van der Waals surface area contributed by atoms with E-state index in [4.69, 9.17) is 9.47 Å². The molecule has 0 aromatic heterocycles. The molecule has 8 nitrogen and oxygen atoms in total. The first-order valence-corrected chi connectivity index (χ1v) is 10.7. The highest BCUT2D eigenvalue weighted by atomic mass is 127. The number of morpholine rings is 1. The van der Waals surface area contributed by atoms with Gasteiger partial charge in [0.05, 0.1) is 25.9 Å². The number of guanidine groups is 1. The van der Waals surface area contributed by atoms with E-state index in [-0.39, 0.29) is 35.3 Å². The molecule has 3 unspecified atom stereocenters. The van der Waals surface area contributed by atoms with Crippen LogP contribution in [0.15, 0.2) is 4.99 Å². The number of ether oxygens (including phenoxy) is 2. The Morgan fingerprint density at radius 3 is 2.41 bits per heavy atom. The topological polar surface area (TPSA) is 69.6 Å². The lowest BCUT2D eigenvalue weighted by atomic mass is 9.57. The number of amides is 1. The fraction of sp³-hybridized carbons (Fsp3) is 0.900. The number of fused-ring (bicyclic) bond motifs is 1. The first kappa shape index (κ1) is 23.0. The van der Waals surface area contributed by atoms with Crippen molar-refractivity contribution in [2.24, 2.45) is 16.3 Å². The molecule has 3 aliphatic heterocycles. The lowest BCUT2D eigenvalue weighted by Gasteiger charge is -2.55. The molecule has 0 bridgehead atoms. The zero-order chi connectivity index (χ0) is 19.7. The quantitative estimate of drug-likeness (QED) is 0.331. The summed E-state index contributed by atoms with van der Waals surface area (Å²) in [5, 5.41) is 3.73. The Labute approximate surface area is 191 Å². The monoisotopic (exact) mass is 521 g/mol. The van der Waals surface area contributed by atoms with Gasteiger partial charge in [-0.2, -0.15) is 0 Å². The Hall–Kier alpha value is -0.650. The van der Waals surface area contributed by atoms with E-state index in [1.807, 2.05) is 11.9 Å². The highest BCUT2D eigenvalue weighted by Crippen LogP contribution is 2.52. The summed E-state index contributed by atoms with van der Waals surface area (Å²) >= 11 is 0. The lowest BCUT2D eigenvalue weighted by Crippen LogP contribution is -2.68. The van der Waals surface area contributed by atoms with E-state index in [0.717, 1.165) is 58.3 Å². The highest BCUT2D eigenvalue weighted by molar-refractivity contribution is 14.0. The van der Waals surface area contributed by atoms with E-state index in [2.05, 4.69) is 34.0 Å². The van der Waals surface area contributed by atoms with Gasteiger partial charge in [-0.15, -0.1) is 24.0 Å². The van der Waals surface area contributed by atoms with Crippen LogP contribution in [-0.2, 0) is 14.3 Å². The summed E-state index contributed by atoms with van der Waals surface area (Å²) in [6, 6.07) is 0.416. The first-order valence-electron chi connectivity index (χ1n) is 10.7. The van der Waals surface area contributed by atoms with Gasteiger partial charge in [-0.05, 0) is 6.42 Å². The van der Waals surface area contributed by atoms with Crippen LogP contribution in [0.1, 0.15) is 20.3 Å². The third-order valence-electron chi connectivity index (χ3n) is 6.99. The van der Waals surface area contributed by atoms with Crippen LogP contribution < -0.4 is 5.32 Å². The van der Waals surface area contributed by atoms with Crippen molar-refractivity contribution in [3.63, 3.8) is 0 Å². The van der Waals surface area contributed by atoms with Gasteiger partial charge in [0.2, 0.25) is 5.91 Å². The maximum Gasteiger partial charge on any atom is 0.236 e. The van der Waals surface area contributed by atoms with E-state index in [9.17, 15) is 4.79 Å². The Morgan fingerprint density at radius 2 is 1.76 bits per heavy atom. The third kappa shape index (κ3) is 4.67. The molecular formula is C20H36IN5O3. The highest BCUT2D eigenvalue weighted by Gasteiger charge is 2.59. The number of halogens is 1. The number of aliphatic imine (C=N–C) groups is 1. The lowest BCUT2D eigenvalue weighted by molar-refractivity contribution is -0.136. The van der Waals surface area contributed by atoms with Gasteiger partial charge in [0, 0.05) is 70.3 Å². The van der Waals surface area contributed by atoms with Gasteiger partial charge in [0.25, 0.3) is 0 Å². The van der Waals surface area contributed by atoms with Crippen molar-refractivity contribution in [3.05, 3.63) is 0 Å². The molecule has 0 radical (unpaired) electrons. The fourth-order valence-electron chi connectivity index (χ4n) is 5.28. The van der Waals surface area contributed by atoms with Crippen molar-refractivity contribution < 1.29 is 14.3 Å². The summed E-state index contributed by atoms with van der Waals surface area (Å²) in [6.07, 6.45) is 1.52. The zero-order valence-electron chi connectivity index (χ0n) is 17.9. The van der Waals surface area contributed by atoms with Gasteiger partial charge in [0.1, 0.15) is 0 Å². The number of nitrogens with zero attached hydrogens (tertiary/aromatic N) is 4. The molecule has 3 heterocycles. The predicted octanol–water partition coefficient (Wildman–Crippen LogP) is 0.470. The van der Waals surface area contributed by atoms with Crippen LogP contribution >= 0.6 is 24.0 Å². The number of hydrogen-bond acceptors (Lipinski definition) is 5. The van der Waals surface area contributed by atoms with E-state index in [1.165, 1.54) is 0 Å². The summed E-state index contributed by atoms with van der Waals surface area (Å²) in [5.74, 6) is 1.81. The van der Waals surface area contributed by atoms with E-state index < -0.39 is 0 Å². The van der Waals surface area contributed by atoms with Crippen molar-refractivity contribution in [3.8, 4) is 0 Å². The molecule has 4 fully saturated rings. The smallest absolute Gasteiger partial charge is 0.236 e. The molecule has 4 rings (SSSR count). The number of carbonyl (C=O) groups is 1. The average Bonchev–Trinajstić information content (AvgIpc) is 3.17. The Kier molecular flexibility index (Phi) is 7.66. The molecule has 1 amide bonds. The maximum absolute atomic E-state index is 12.5. The molecule has 1 N–H and O–H groups in total. The third-order valence-corrected chi connectivity index (χ3v) is 6.99. The van der Waals surface area contributed by atoms with Gasteiger partial charge in [-0.25, -0.2) is 0 Å². The number of carbonyl (C=O) groups excluding carboxylic acids is 1. The van der Waals surface area contributed by atoms with Gasteiger partial charge < -0.3 is 24.6 Å². The molecule has 0 aromatic carbocycles. The molecule has 3 saturated heterocycles. The van der Waals surface area contributed by atoms with E-state index >= 15 is 0 Å².